The Balaban J connectivity index is 2.17. The summed E-state index contributed by atoms with van der Waals surface area (Å²) < 4.78 is 26.2. The minimum Gasteiger partial charge on any atom is -0.262 e. The lowest BCUT2D eigenvalue weighted by Crippen LogP contribution is -2.24. The molecule has 1 aromatic carbocycles. The summed E-state index contributed by atoms with van der Waals surface area (Å²) in [6.45, 7) is 0.0353. The van der Waals surface area contributed by atoms with Gasteiger partial charge >= 0.3 is 0 Å². The molecule has 0 aliphatic rings. The number of hydrogen-bond acceptors (Lipinski definition) is 4. The number of H-pyrrole nitrogens is 1. The zero-order valence-electron chi connectivity index (χ0n) is 8.59. The van der Waals surface area contributed by atoms with Crippen molar-refractivity contribution in [2.24, 2.45) is 0 Å². The number of nitrogens with zero attached hydrogens (tertiary/aromatic N) is 2. The predicted octanol–water partition coefficient (Wildman–Crippen LogP) is 0.937. The normalized spacial score (nSPS) is 11.6. The number of aromatic amines is 1. The summed E-state index contributed by atoms with van der Waals surface area (Å²) in [4.78, 5) is 3.85. The van der Waals surface area contributed by atoms with Crippen molar-refractivity contribution in [2.75, 3.05) is 0 Å². The van der Waals surface area contributed by atoms with Crippen molar-refractivity contribution in [3.05, 3.63) is 41.4 Å². The highest BCUT2D eigenvalue weighted by molar-refractivity contribution is 7.89. The topological polar surface area (TPSA) is 87.7 Å². The highest BCUT2D eigenvalue weighted by Crippen LogP contribution is 2.20. The van der Waals surface area contributed by atoms with Crippen LogP contribution in [0.25, 0.3) is 0 Å². The smallest absolute Gasteiger partial charge is 0.242 e. The van der Waals surface area contributed by atoms with Crippen molar-refractivity contribution in [3.8, 4) is 0 Å². The van der Waals surface area contributed by atoms with Crippen LogP contribution >= 0.6 is 11.6 Å². The SMILES string of the molecule is O=S(=O)(NCc1ncn[nH]1)c1ccccc1Cl. The molecule has 0 unspecified atom stereocenters. The summed E-state index contributed by atoms with van der Waals surface area (Å²) in [6.07, 6.45) is 1.30. The molecule has 90 valence electrons. The van der Waals surface area contributed by atoms with Crippen LogP contribution in [0.1, 0.15) is 5.82 Å². The predicted molar refractivity (Wildman–Crippen MR) is 61.9 cm³/mol. The van der Waals surface area contributed by atoms with Crippen LogP contribution < -0.4 is 4.72 Å². The van der Waals surface area contributed by atoms with E-state index in [1.807, 2.05) is 0 Å². The average molecular weight is 273 g/mol. The molecule has 0 saturated heterocycles. The summed E-state index contributed by atoms with van der Waals surface area (Å²) in [5, 5.41) is 6.35. The third-order valence-electron chi connectivity index (χ3n) is 2.02. The van der Waals surface area contributed by atoms with Crippen LogP contribution in [0.15, 0.2) is 35.5 Å². The number of halogens is 1. The maximum absolute atomic E-state index is 11.9. The Bertz CT molecular complexity index is 597. The van der Waals surface area contributed by atoms with Gasteiger partial charge in [-0.15, -0.1) is 0 Å². The molecule has 2 N–H and O–H groups in total. The molecule has 0 radical (unpaired) electrons. The molecular weight excluding hydrogens is 264 g/mol. The van der Waals surface area contributed by atoms with Gasteiger partial charge in [0.2, 0.25) is 10.0 Å². The van der Waals surface area contributed by atoms with Crippen LogP contribution in [-0.2, 0) is 16.6 Å². The van der Waals surface area contributed by atoms with Gasteiger partial charge in [-0.05, 0) is 12.1 Å². The zero-order valence-corrected chi connectivity index (χ0v) is 10.2. The number of aromatic nitrogens is 3. The first-order valence-electron chi connectivity index (χ1n) is 4.68. The third kappa shape index (κ3) is 2.82. The molecule has 0 amide bonds. The molecule has 1 heterocycles. The van der Waals surface area contributed by atoms with Crippen LogP contribution in [0.4, 0.5) is 0 Å². The van der Waals surface area contributed by atoms with E-state index in [2.05, 4.69) is 19.9 Å². The van der Waals surface area contributed by atoms with Crippen molar-refractivity contribution in [1.29, 1.82) is 0 Å². The number of hydrogen-bond donors (Lipinski definition) is 2. The Morgan fingerprint density at radius 3 is 2.76 bits per heavy atom. The van der Waals surface area contributed by atoms with Crippen LogP contribution in [0.3, 0.4) is 0 Å². The van der Waals surface area contributed by atoms with Crippen molar-refractivity contribution in [2.45, 2.75) is 11.4 Å². The molecule has 0 spiro atoms. The zero-order chi connectivity index (χ0) is 12.3. The minimum atomic E-state index is -3.64. The van der Waals surface area contributed by atoms with E-state index in [1.165, 1.54) is 18.5 Å². The van der Waals surface area contributed by atoms with Crippen LogP contribution in [-0.4, -0.2) is 23.6 Å². The van der Waals surface area contributed by atoms with E-state index >= 15 is 0 Å². The second-order valence-electron chi connectivity index (χ2n) is 3.19. The molecule has 0 saturated carbocycles. The van der Waals surface area contributed by atoms with E-state index in [0.717, 1.165) is 0 Å². The minimum absolute atomic E-state index is 0.0353. The second kappa shape index (κ2) is 4.82. The van der Waals surface area contributed by atoms with Crippen molar-refractivity contribution >= 4 is 21.6 Å². The van der Waals surface area contributed by atoms with Gasteiger partial charge in [0.1, 0.15) is 17.0 Å². The molecule has 6 nitrogen and oxygen atoms in total. The lowest BCUT2D eigenvalue weighted by Gasteiger charge is -2.06. The molecule has 0 atom stereocenters. The molecular formula is C9H9ClN4O2S. The fourth-order valence-corrected chi connectivity index (χ4v) is 2.72. The molecule has 0 aliphatic carbocycles. The highest BCUT2D eigenvalue weighted by Gasteiger charge is 2.17. The maximum Gasteiger partial charge on any atom is 0.242 e. The van der Waals surface area contributed by atoms with Gasteiger partial charge in [0.05, 0.1) is 11.6 Å². The number of sulfonamides is 1. The summed E-state index contributed by atoms with van der Waals surface area (Å²) in [5.74, 6) is 0.431. The Morgan fingerprint density at radius 1 is 1.35 bits per heavy atom. The molecule has 2 aromatic rings. The first-order valence-corrected chi connectivity index (χ1v) is 6.54. The van der Waals surface area contributed by atoms with Gasteiger partial charge in [0.15, 0.2) is 0 Å². The molecule has 0 aliphatic heterocycles. The van der Waals surface area contributed by atoms with Crippen LogP contribution in [0, 0.1) is 0 Å². The summed E-state index contributed by atoms with van der Waals surface area (Å²) >= 11 is 5.81. The van der Waals surface area contributed by atoms with Gasteiger partial charge in [-0.1, -0.05) is 23.7 Å². The Labute approximate surface area is 103 Å². The van der Waals surface area contributed by atoms with Gasteiger partial charge in [0, 0.05) is 0 Å². The molecule has 17 heavy (non-hydrogen) atoms. The largest absolute Gasteiger partial charge is 0.262 e. The lowest BCUT2D eigenvalue weighted by molar-refractivity contribution is 0.579. The van der Waals surface area contributed by atoms with E-state index < -0.39 is 10.0 Å². The Hall–Kier alpha value is -1.44. The second-order valence-corrected chi connectivity index (χ2v) is 5.33. The fourth-order valence-electron chi connectivity index (χ4n) is 1.22. The van der Waals surface area contributed by atoms with Crippen molar-refractivity contribution < 1.29 is 8.42 Å². The van der Waals surface area contributed by atoms with E-state index in [4.69, 9.17) is 11.6 Å². The molecule has 0 bridgehead atoms. The standard InChI is InChI=1S/C9H9ClN4O2S/c10-7-3-1-2-4-8(7)17(15,16)13-5-9-11-6-12-14-9/h1-4,6,13H,5H2,(H,11,12,14). The van der Waals surface area contributed by atoms with Gasteiger partial charge in [-0.3, -0.25) is 5.10 Å². The number of nitrogens with one attached hydrogen (secondary N) is 2. The maximum atomic E-state index is 11.9. The molecule has 1 aromatic heterocycles. The monoisotopic (exact) mass is 272 g/mol. The number of benzene rings is 1. The van der Waals surface area contributed by atoms with E-state index in [1.54, 1.807) is 12.1 Å². The van der Waals surface area contributed by atoms with Crippen molar-refractivity contribution in [1.82, 2.24) is 19.9 Å². The van der Waals surface area contributed by atoms with E-state index in [-0.39, 0.29) is 16.5 Å². The van der Waals surface area contributed by atoms with Crippen LogP contribution in [0.5, 0.6) is 0 Å². The summed E-state index contributed by atoms with van der Waals surface area (Å²) in [7, 11) is -3.64. The summed E-state index contributed by atoms with van der Waals surface area (Å²) in [5.41, 5.74) is 0. The quantitative estimate of drug-likeness (QED) is 0.867. The Kier molecular flexibility index (Phi) is 3.41. The van der Waals surface area contributed by atoms with Gasteiger partial charge in [-0.2, -0.15) is 5.10 Å². The average Bonchev–Trinajstić information content (AvgIpc) is 2.80. The highest BCUT2D eigenvalue weighted by atomic mass is 35.5. The Morgan fingerprint density at radius 2 is 2.12 bits per heavy atom. The first kappa shape index (κ1) is 12.0. The molecule has 8 heteroatoms. The van der Waals surface area contributed by atoms with E-state index in [0.29, 0.717) is 5.82 Å². The fraction of sp³-hybridized carbons (Fsp3) is 0.111. The van der Waals surface area contributed by atoms with E-state index in [9.17, 15) is 8.42 Å². The van der Waals surface area contributed by atoms with Gasteiger partial charge < -0.3 is 0 Å². The molecule has 0 fully saturated rings. The number of rotatable bonds is 4. The first-order chi connectivity index (χ1) is 8.09. The molecule has 2 rings (SSSR count). The summed E-state index contributed by atoms with van der Waals surface area (Å²) in [6, 6.07) is 6.22. The lowest BCUT2D eigenvalue weighted by atomic mass is 10.4. The third-order valence-corrected chi connectivity index (χ3v) is 3.92. The van der Waals surface area contributed by atoms with Crippen LogP contribution in [0.2, 0.25) is 5.02 Å². The van der Waals surface area contributed by atoms with Gasteiger partial charge in [0.25, 0.3) is 0 Å². The van der Waals surface area contributed by atoms with Gasteiger partial charge in [-0.25, -0.2) is 18.1 Å². The van der Waals surface area contributed by atoms with Crippen molar-refractivity contribution in [3.63, 3.8) is 0 Å².